The number of allylic oxidation sites excluding steroid dienone is 1. The lowest BCUT2D eigenvalue weighted by atomic mass is 10.2. The lowest BCUT2D eigenvalue weighted by Gasteiger charge is -2.04. The van der Waals surface area contributed by atoms with Crippen molar-refractivity contribution in [3.63, 3.8) is 0 Å². The van der Waals surface area contributed by atoms with Crippen LogP contribution >= 0.6 is 0 Å². The molecule has 0 saturated heterocycles. The van der Waals surface area contributed by atoms with Gasteiger partial charge in [-0.3, -0.25) is 4.99 Å². The zero-order valence-corrected chi connectivity index (χ0v) is 10.9. The van der Waals surface area contributed by atoms with Crippen LogP contribution in [-0.4, -0.2) is 17.7 Å². The number of H-pyrrole nitrogens is 1. The minimum absolute atomic E-state index is 0.149. The van der Waals surface area contributed by atoms with Gasteiger partial charge in [-0.25, -0.2) is 8.78 Å². The van der Waals surface area contributed by atoms with E-state index in [0.717, 1.165) is 11.8 Å². The van der Waals surface area contributed by atoms with Crippen molar-refractivity contribution in [1.82, 2.24) is 4.98 Å². The molecular formula is C14H14F2N2O. The number of aryl methyl sites for hydroxylation is 1. The molecule has 0 bridgehead atoms. The van der Waals surface area contributed by atoms with Crippen LogP contribution < -0.4 is 4.74 Å². The van der Waals surface area contributed by atoms with Gasteiger partial charge in [0.15, 0.2) is 17.4 Å². The van der Waals surface area contributed by atoms with E-state index in [0.29, 0.717) is 5.69 Å². The van der Waals surface area contributed by atoms with Gasteiger partial charge in [-0.2, -0.15) is 0 Å². The van der Waals surface area contributed by atoms with Crippen molar-refractivity contribution in [1.29, 1.82) is 0 Å². The summed E-state index contributed by atoms with van der Waals surface area (Å²) in [6.07, 6.45) is 2.86. The zero-order chi connectivity index (χ0) is 14.0. The van der Waals surface area contributed by atoms with Crippen LogP contribution in [0.2, 0.25) is 0 Å². The van der Waals surface area contributed by atoms with E-state index in [-0.39, 0.29) is 16.7 Å². The summed E-state index contributed by atoms with van der Waals surface area (Å²) < 4.78 is 33.0. The highest BCUT2D eigenvalue weighted by Gasteiger charge is 2.14. The fraction of sp³-hybridized carbons (Fsp3) is 0.214. The number of aromatic nitrogens is 1. The summed E-state index contributed by atoms with van der Waals surface area (Å²) in [5.74, 6) is -1.28. The number of hydrogen-bond donors (Lipinski definition) is 1. The second-order valence-electron chi connectivity index (χ2n) is 4.20. The molecule has 0 spiro atoms. The molecule has 0 aliphatic carbocycles. The maximum absolute atomic E-state index is 14.1. The number of aliphatic imine (C=N–C) groups is 1. The summed E-state index contributed by atoms with van der Waals surface area (Å²) >= 11 is 0. The third kappa shape index (κ3) is 2.65. The fourth-order valence-electron chi connectivity index (χ4n) is 1.70. The van der Waals surface area contributed by atoms with E-state index in [1.807, 2.05) is 0 Å². The first-order chi connectivity index (χ1) is 9.02. The number of benzene rings is 1. The van der Waals surface area contributed by atoms with Gasteiger partial charge in [-0.05, 0) is 26.0 Å². The number of nitrogens with one attached hydrogen (secondary N) is 1. The highest BCUT2D eigenvalue weighted by atomic mass is 19.1. The van der Waals surface area contributed by atoms with E-state index in [1.165, 1.54) is 6.26 Å². The van der Waals surface area contributed by atoms with Gasteiger partial charge < -0.3 is 9.72 Å². The topological polar surface area (TPSA) is 37.4 Å². The Morgan fingerprint density at radius 2 is 2.11 bits per heavy atom. The first-order valence-corrected chi connectivity index (χ1v) is 5.77. The molecule has 3 nitrogen and oxygen atoms in total. The van der Waals surface area contributed by atoms with E-state index >= 15 is 0 Å². The molecule has 1 heterocycles. The smallest absolute Gasteiger partial charge is 0.175 e. The fourth-order valence-corrected chi connectivity index (χ4v) is 1.70. The summed E-state index contributed by atoms with van der Waals surface area (Å²) in [6, 6.07) is 2.57. The molecule has 19 heavy (non-hydrogen) atoms. The SMILES string of the molecule is C/N=C(C)\C=C\Oc1cc(F)c2[nH]c(C)cc2c1F. The molecule has 0 amide bonds. The molecule has 0 fully saturated rings. The van der Waals surface area contributed by atoms with Crippen LogP contribution in [0.25, 0.3) is 10.9 Å². The van der Waals surface area contributed by atoms with Crippen molar-refractivity contribution < 1.29 is 13.5 Å². The van der Waals surface area contributed by atoms with Gasteiger partial charge in [0.25, 0.3) is 0 Å². The van der Waals surface area contributed by atoms with Gasteiger partial charge in [0, 0.05) is 29.9 Å². The standard InChI is InChI=1S/C14H14F2N2O/c1-8(17-3)4-5-19-12-7-11(15)14-10(13(12)16)6-9(2)18-14/h4-7,18H,1-3H3/b5-4+,17-8-. The average Bonchev–Trinajstić information content (AvgIpc) is 2.77. The first-order valence-electron chi connectivity index (χ1n) is 5.77. The molecule has 100 valence electrons. The van der Waals surface area contributed by atoms with Crippen molar-refractivity contribution in [3.05, 3.63) is 41.8 Å². The van der Waals surface area contributed by atoms with Crippen LogP contribution in [0, 0.1) is 18.6 Å². The summed E-state index contributed by atoms with van der Waals surface area (Å²) in [6.45, 7) is 3.51. The third-order valence-corrected chi connectivity index (χ3v) is 2.76. The number of hydrogen-bond acceptors (Lipinski definition) is 2. The Labute approximate surface area is 109 Å². The van der Waals surface area contributed by atoms with E-state index < -0.39 is 11.6 Å². The quantitative estimate of drug-likeness (QED) is 0.665. The molecule has 5 heteroatoms. The average molecular weight is 264 g/mol. The molecule has 0 aliphatic rings. The minimum Gasteiger partial charge on any atom is -0.462 e. The monoisotopic (exact) mass is 264 g/mol. The molecule has 0 atom stereocenters. The number of aromatic amines is 1. The van der Waals surface area contributed by atoms with Crippen LogP contribution in [-0.2, 0) is 0 Å². The normalized spacial score (nSPS) is 12.6. The second kappa shape index (κ2) is 5.22. The first kappa shape index (κ1) is 13.3. The summed E-state index contributed by atoms with van der Waals surface area (Å²) in [4.78, 5) is 6.66. The van der Waals surface area contributed by atoms with E-state index in [4.69, 9.17) is 4.74 Å². The van der Waals surface area contributed by atoms with Crippen LogP contribution in [0.5, 0.6) is 5.75 Å². The molecule has 1 aromatic heterocycles. The molecule has 0 radical (unpaired) electrons. The summed E-state index contributed by atoms with van der Waals surface area (Å²) in [5.41, 5.74) is 1.56. The molecule has 1 aromatic carbocycles. The largest absolute Gasteiger partial charge is 0.462 e. The molecular weight excluding hydrogens is 250 g/mol. The second-order valence-corrected chi connectivity index (χ2v) is 4.20. The van der Waals surface area contributed by atoms with Gasteiger partial charge in [-0.1, -0.05) is 0 Å². The van der Waals surface area contributed by atoms with Gasteiger partial charge in [0.1, 0.15) is 0 Å². The Bertz CT molecular complexity index is 672. The van der Waals surface area contributed by atoms with Gasteiger partial charge in [0.05, 0.1) is 11.8 Å². The molecule has 1 N–H and O–H groups in total. The van der Waals surface area contributed by atoms with Crippen LogP contribution in [0.15, 0.2) is 29.5 Å². The Balaban J connectivity index is 2.39. The maximum Gasteiger partial charge on any atom is 0.175 e. The summed E-state index contributed by atoms with van der Waals surface area (Å²) in [5, 5.41) is 0.182. The lowest BCUT2D eigenvalue weighted by Crippen LogP contribution is -1.92. The number of nitrogens with zero attached hydrogens (tertiary/aromatic N) is 1. The predicted octanol–water partition coefficient (Wildman–Crippen LogP) is 3.74. The molecule has 0 aliphatic heterocycles. The number of fused-ring (bicyclic) bond motifs is 1. The number of ether oxygens (including phenoxy) is 1. The van der Waals surface area contributed by atoms with Crippen molar-refractivity contribution in [2.45, 2.75) is 13.8 Å². The Morgan fingerprint density at radius 3 is 2.79 bits per heavy atom. The van der Waals surface area contributed by atoms with Crippen LogP contribution in [0.1, 0.15) is 12.6 Å². The van der Waals surface area contributed by atoms with Gasteiger partial charge in [0.2, 0.25) is 0 Å². The highest BCUT2D eigenvalue weighted by molar-refractivity contribution is 5.92. The van der Waals surface area contributed by atoms with E-state index in [9.17, 15) is 8.78 Å². The molecule has 0 unspecified atom stereocenters. The van der Waals surface area contributed by atoms with Crippen LogP contribution in [0.3, 0.4) is 0 Å². The maximum atomic E-state index is 14.1. The van der Waals surface area contributed by atoms with Gasteiger partial charge >= 0.3 is 0 Å². The number of halogens is 2. The van der Waals surface area contributed by atoms with E-state index in [2.05, 4.69) is 9.98 Å². The third-order valence-electron chi connectivity index (χ3n) is 2.76. The molecule has 2 rings (SSSR count). The molecule has 2 aromatic rings. The van der Waals surface area contributed by atoms with Crippen molar-refractivity contribution in [2.24, 2.45) is 4.99 Å². The van der Waals surface area contributed by atoms with Gasteiger partial charge in [-0.15, -0.1) is 0 Å². The Kier molecular flexibility index (Phi) is 3.64. The predicted molar refractivity (Wildman–Crippen MR) is 71.8 cm³/mol. The number of rotatable bonds is 3. The molecule has 0 saturated carbocycles. The lowest BCUT2D eigenvalue weighted by molar-refractivity contribution is 0.440. The Hall–Kier alpha value is -2.17. The van der Waals surface area contributed by atoms with Crippen LogP contribution in [0.4, 0.5) is 8.78 Å². The van der Waals surface area contributed by atoms with Crippen molar-refractivity contribution >= 4 is 16.6 Å². The van der Waals surface area contributed by atoms with Crippen molar-refractivity contribution in [2.75, 3.05) is 7.05 Å². The zero-order valence-electron chi connectivity index (χ0n) is 10.9. The summed E-state index contributed by atoms with van der Waals surface area (Å²) in [7, 11) is 1.63. The van der Waals surface area contributed by atoms with Crippen molar-refractivity contribution in [3.8, 4) is 5.75 Å². The highest BCUT2D eigenvalue weighted by Crippen LogP contribution is 2.29. The Morgan fingerprint density at radius 1 is 1.37 bits per heavy atom. The van der Waals surface area contributed by atoms with E-state index in [1.54, 1.807) is 33.0 Å². The minimum atomic E-state index is -0.587.